The van der Waals surface area contributed by atoms with Gasteiger partial charge in [0.2, 0.25) is 0 Å². The lowest BCUT2D eigenvalue weighted by atomic mass is 10.3. The van der Waals surface area contributed by atoms with Crippen LogP contribution < -0.4 is 4.90 Å². The van der Waals surface area contributed by atoms with Crippen molar-refractivity contribution >= 4 is 27.2 Å². The second kappa shape index (κ2) is 5.58. The number of benzene rings is 1. The van der Waals surface area contributed by atoms with Crippen molar-refractivity contribution < 1.29 is 17.0 Å². The van der Waals surface area contributed by atoms with Crippen LogP contribution in [0, 0.1) is 0 Å². The summed E-state index contributed by atoms with van der Waals surface area (Å²) in [6.07, 6.45) is 1.61. The maximum atomic E-state index is 10.8. The van der Waals surface area contributed by atoms with Crippen LogP contribution in [0.3, 0.4) is 0 Å². The SMILES string of the molecule is CN(CCCOS(C)(=O)=O)c1nc2ccccc2o1. The number of rotatable bonds is 6. The van der Waals surface area contributed by atoms with E-state index in [9.17, 15) is 8.42 Å². The highest BCUT2D eigenvalue weighted by molar-refractivity contribution is 7.85. The molecule has 0 radical (unpaired) electrons. The van der Waals surface area contributed by atoms with Gasteiger partial charge >= 0.3 is 0 Å². The number of aromatic nitrogens is 1. The molecule has 0 aliphatic carbocycles. The van der Waals surface area contributed by atoms with Crippen LogP contribution >= 0.6 is 0 Å². The van der Waals surface area contributed by atoms with E-state index in [2.05, 4.69) is 9.17 Å². The molecule has 1 aromatic heterocycles. The van der Waals surface area contributed by atoms with Crippen molar-refractivity contribution in [2.24, 2.45) is 0 Å². The lowest BCUT2D eigenvalue weighted by molar-refractivity contribution is 0.316. The lowest BCUT2D eigenvalue weighted by Crippen LogP contribution is -2.20. The number of para-hydroxylation sites is 2. The van der Waals surface area contributed by atoms with E-state index < -0.39 is 10.1 Å². The van der Waals surface area contributed by atoms with Crippen LogP contribution in [0.5, 0.6) is 0 Å². The first-order chi connectivity index (χ1) is 8.96. The molecule has 19 heavy (non-hydrogen) atoms. The van der Waals surface area contributed by atoms with Crippen molar-refractivity contribution in [3.63, 3.8) is 0 Å². The average molecular weight is 284 g/mol. The Balaban J connectivity index is 1.91. The molecule has 1 aromatic carbocycles. The van der Waals surface area contributed by atoms with Crippen molar-refractivity contribution in [3.8, 4) is 0 Å². The summed E-state index contributed by atoms with van der Waals surface area (Å²) in [6, 6.07) is 8.03. The van der Waals surface area contributed by atoms with E-state index in [4.69, 9.17) is 4.42 Å². The van der Waals surface area contributed by atoms with Gasteiger partial charge in [-0.1, -0.05) is 12.1 Å². The highest BCUT2D eigenvalue weighted by atomic mass is 32.2. The summed E-state index contributed by atoms with van der Waals surface area (Å²) in [5.41, 5.74) is 1.54. The minimum atomic E-state index is -3.36. The minimum absolute atomic E-state index is 0.156. The van der Waals surface area contributed by atoms with E-state index in [0.717, 1.165) is 17.4 Å². The highest BCUT2D eigenvalue weighted by Crippen LogP contribution is 2.20. The molecule has 7 heteroatoms. The van der Waals surface area contributed by atoms with Crippen LogP contribution in [0.2, 0.25) is 0 Å². The van der Waals surface area contributed by atoms with Gasteiger partial charge in [-0.05, 0) is 18.6 Å². The van der Waals surface area contributed by atoms with Gasteiger partial charge in [-0.15, -0.1) is 0 Å². The third-order valence-electron chi connectivity index (χ3n) is 2.54. The first-order valence-corrected chi connectivity index (χ1v) is 7.68. The molecule has 2 rings (SSSR count). The second-order valence-electron chi connectivity index (χ2n) is 4.27. The summed E-state index contributed by atoms with van der Waals surface area (Å²) in [6.45, 7) is 0.756. The maximum Gasteiger partial charge on any atom is 0.298 e. The lowest BCUT2D eigenvalue weighted by Gasteiger charge is -2.13. The number of hydrogen-bond donors (Lipinski definition) is 0. The van der Waals surface area contributed by atoms with Crippen molar-refractivity contribution in [2.45, 2.75) is 6.42 Å². The molecule has 0 bridgehead atoms. The van der Waals surface area contributed by atoms with Gasteiger partial charge < -0.3 is 9.32 Å². The summed E-state index contributed by atoms with van der Waals surface area (Å²) in [5.74, 6) is 0. The number of fused-ring (bicyclic) bond motifs is 1. The standard InChI is InChI=1S/C12H16N2O4S/c1-14(8-5-9-17-19(2,15)16)12-13-10-6-3-4-7-11(10)18-12/h3-4,6-7H,5,8-9H2,1-2H3. The Morgan fingerprint density at radius 2 is 2.11 bits per heavy atom. The summed E-state index contributed by atoms with van der Waals surface area (Å²) >= 11 is 0. The van der Waals surface area contributed by atoms with E-state index in [1.54, 1.807) is 0 Å². The summed E-state index contributed by atoms with van der Waals surface area (Å²) in [5, 5.41) is 0. The van der Waals surface area contributed by atoms with Gasteiger partial charge in [-0.3, -0.25) is 4.18 Å². The molecule has 0 aliphatic heterocycles. The molecular weight excluding hydrogens is 268 g/mol. The molecule has 0 N–H and O–H groups in total. The van der Waals surface area contributed by atoms with E-state index in [1.165, 1.54) is 0 Å². The predicted octanol–water partition coefficient (Wildman–Crippen LogP) is 1.63. The van der Waals surface area contributed by atoms with Gasteiger partial charge in [-0.2, -0.15) is 13.4 Å². The molecule has 0 unspecified atom stereocenters. The third-order valence-corrected chi connectivity index (χ3v) is 3.14. The first-order valence-electron chi connectivity index (χ1n) is 5.87. The van der Waals surface area contributed by atoms with Crippen LogP contribution in [0.25, 0.3) is 11.1 Å². The van der Waals surface area contributed by atoms with Crippen LogP contribution in [0.15, 0.2) is 28.7 Å². The molecule has 0 aliphatic rings. The van der Waals surface area contributed by atoms with Gasteiger partial charge in [0.05, 0.1) is 12.9 Å². The predicted molar refractivity (Wildman–Crippen MR) is 72.7 cm³/mol. The Kier molecular flexibility index (Phi) is 4.06. The fraction of sp³-hybridized carbons (Fsp3) is 0.417. The Morgan fingerprint density at radius 1 is 1.37 bits per heavy atom. The van der Waals surface area contributed by atoms with Gasteiger partial charge in [0.25, 0.3) is 16.1 Å². The van der Waals surface area contributed by atoms with Crippen molar-refractivity contribution in [2.75, 3.05) is 31.4 Å². The van der Waals surface area contributed by atoms with E-state index in [0.29, 0.717) is 19.0 Å². The molecule has 0 amide bonds. The minimum Gasteiger partial charge on any atom is -0.423 e. The topological polar surface area (TPSA) is 72.6 Å². The zero-order valence-corrected chi connectivity index (χ0v) is 11.7. The summed E-state index contributed by atoms with van der Waals surface area (Å²) in [7, 11) is -1.53. The van der Waals surface area contributed by atoms with Crippen LogP contribution in [0.4, 0.5) is 6.01 Å². The molecule has 104 valence electrons. The van der Waals surface area contributed by atoms with Crippen molar-refractivity contribution in [1.82, 2.24) is 4.98 Å². The van der Waals surface area contributed by atoms with Crippen molar-refractivity contribution in [3.05, 3.63) is 24.3 Å². The Morgan fingerprint density at radius 3 is 2.79 bits per heavy atom. The molecule has 0 spiro atoms. The second-order valence-corrected chi connectivity index (χ2v) is 5.91. The number of nitrogens with zero attached hydrogens (tertiary/aromatic N) is 2. The largest absolute Gasteiger partial charge is 0.423 e. The summed E-state index contributed by atoms with van der Waals surface area (Å²) in [4.78, 5) is 6.17. The number of hydrogen-bond acceptors (Lipinski definition) is 6. The smallest absolute Gasteiger partial charge is 0.298 e. The molecular formula is C12H16N2O4S. The van der Waals surface area contributed by atoms with E-state index >= 15 is 0 Å². The monoisotopic (exact) mass is 284 g/mol. The normalized spacial score (nSPS) is 11.9. The first kappa shape index (κ1) is 13.8. The van der Waals surface area contributed by atoms with E-state index in [-0.39, 0.29) is 6.61 Å². The molecule has 2 aromatic rings. The maximum absolute atomic E-state index is 10.8. The number of oxazole rings is 1. The zero-order chi connectivity index (χ0) is 13.9. The fourth-order valence-corrected chi connectivity index (χ4v) is 2.05. The zero-order valence-electron chi connectivity index (χ0n) is 10.9. The van der Waals surface area contributed by atoms with Crippen LogP contribution in [-0.2, 0) is 14.3 Å². The molecule has 0 atom stereocenters. The van der Waals surface area contributed by atoms with Gasteiger partial charge in [0.1, 0.15) is 5.52 Å². The average Bonchev–Trinajstić information content (AvgIpc) is 2.77. The molecule has 0 fully saturated rings. The molecule has 0 saturated carbocycles. The highest BCUT2D eigenvalue weighted by Gasteiger charge is 2.10. The molecule has 6 nitrogen and oxygen atoms in total. The fourth-order valence-electron chi connectivity index (χ4n) is 1.63. The van der Waals surface area contributed by atoms with Gasteiger partial charge in [-0.25, -0.2) is 0 Å². The quantitative estimate of drug-likeness (QED) is 0.593. The summed E-state index contributed by atoms with van der Waals surface area (Å²) < 4.78 is 31.8. The Labute approximate surface area is 112 Å². The molecule has 0 saturated heterocycles. The van der Waals surface area contributed by atoms with Crippen LogP contribution in [-0.4, -0.2) is 39.9 Å². The van der Waals surface area contributed by atoms with Gasteiger partial charge in [0, 0.05) is 13.6 Å². The van der Waals surface area contributed by atoms with E-state index in [1.807, 2.05) is 36.2 Å². The third kappa shape index (κ3) is 3.93. The van der Waals surface area contributed by atoms with Crippen LogP contribution in [0.1, 0.15) is 6.42 Å². The number of anilines is 1. The van der Waals surface area contributed by atoms with Gasteiger partial charge in [0.15, 0.2) is 5.58 Å². The Bertz CT molecular complexity index is 618. The van der Waals surface area contributed by atoms with Crippen molar-refractivity contribution in [1.29, 1.82) is 0 Å². The molecule has 1 heterocycles. The Hall–Kier alpha value is -1.60.